The number of aromatic nitrogens is 1. The van der Waals surface area contributed by atoms with Crippen LogP contribution in [0.1, 0.15) is 36.5 Å². The van der Waals surface area contributed by atoms with Crippen molar-refractivity contribution in [2.24, 2.45) is 0 Å². The normalized spacial score (nSPS) is 15.2. The minimum absolute atomic E-state index is 0.0459. The Morgan fingerprint density at radius 1 is 1.40 bits per heavy atom. The predicted octanol–water partition coefficient (Wildman–Crippen LogP) is 1.73. The molecule has 0 saturated carbocycles. The number of hydrogen-bond acceptors (Lipinski definition) is 4. The van der Waals surface area contributed by atoms with Gasteiger partial charge in [-0.25, -0.2) is 4.98 Å². The molecule has 1 amide bonds. The fourth-order valence-electron chi connectivity index (χ4n) is 2.50. The zero-order chi connectivity index (χ0) is 14.2. The van der Waals surface area contributed by atoms with Crippen molar-refractivity contribution < 1.29 is 4.79 Å². The van der Waals surface area contributed by atoms with E-state index in [4.69, 9.17) is 0 Å². The molecule has 1 aromatic heterocycles. The molecule has 1 aromatic rings. The Hall–Kier alpha value is -1.62. The summed E-state index contributed by atoms with van der Waals surface area (Å²) in [4.78, 5) is 18.8. The van der Waals surface area contributed by atoms with Crippen LogP contribution in [0, 0.1) is 0 Å². The van der Waals surface area contributed by atoms with Crippen molar-refractivity contribution in [1.82, 2.24) is 15.2 Å². The van der Waals surface area contributed by atoms with E-state index in [1.165, 1.54) is 25.9 Å². The molecule has 0 unspecified atom stereocenters. The van der Waals surface area contributed by atoms with Crippen molar-refractivity contribution in [3.63, 3.8) is 0 Å². The summed E-state index contributed by atoms with van der Waals surface area (Å²) in [6.07, 6.45) is 5.33. The Bertz CT molecular complexity index is 430. The molecule has 0 radical (unpaired) electrons. The van der Waals surface area contributed by atoms with Gasteiger partial charge in [-0.3, -0.25) is 4.79 Å². The number of amides is 1. The van der Waals surface area contributed by atoms with Gasteiger partial charge in [0.1, 0.15) is 5.82 Å². The lowest BCUT2D eigenvalue weighted by Gasteiger charge is -2.14. The van der Waals surface area contributed by atoms with Gasteiger partial charge in [0, 0.05) is 19.3 Å². The van der Waals surface area contributed by atoms with Crippen LogP contribution in [0.25, 0.3) is 0 Å². The Labute approximate surface area is 120 Å². The first-order valence-corrected chi connectivity index (χ1v) is 7.50. The highest BCUT2D eigenvalue weighted by atomic mass is 16.1. The third-order valence-corrected chi connectivity index (χ3v) is 3.53. The number of nitrogens with zero attached hydrogens (tertiary/aromatic N) is 2. The quantitative estimate of drug-likeness (QED) is 0.745. The van der Waals surface area contributed by atoms with Crippen LogP contribution >= 0.6 is 0 Å². The third-order valence-electron chi connectivity index (χ3n) is 3.53. The first kappa shape index (κ1) is 14.8. The van der Waals surface area contributed by atoms with Crippen LogP contribution in [0.2, 0.25) is 0 Å². The smallest absolute Gasteiger partial charge is 0.255 e. The molecule has 2 rings (SSSR count). The highest BCUT2D eigenvalue weighted by Crippen LogP contribution is 2.11. The molecule has 1 fully saturated rings. The zero-order valence-corrected chi connectivity index (χ0v) is 12.2. The summed E-state index contributed by atoms with van der Waals surface area (Å²) in [5.41, 5.74) is 0.621. The number of likely N-dealkylation sites (tertiary alicyclic amines) is 1. The number of carbonyl (C=O) groups is 1. The molecule has 1 saturated heterocycles. The van der Waals surface area contributed by atoms with E-state index >= 15 is 0 Å². The lowest BCUT2D eigenvalue weighted by atomic mass is 10.2. The van der Waals surface area contributed by atoms with E-state index in [0.29, 0.717) is 11.4 Å². The maximum Gasteiger partial charge on any atom is 0.255 e. The Morgan fingerprint density at radius 3 is 2.95 bits per heavy atom. The van der Waals surface area contributed by atoms with Crippen LogP contribution in [-0.2, 0) is 0 Å². The molecule has 0 atom stereocenters. The van der Waals surface area contributed by atoms with Crippen molar-refractivity contribution in [2.75, 3.05) is 38.0 Å². The molecular weight excluding hydrogens is 252 g/mol. The molecule has 0 bridgehead atoms. The van der Waals surface area contributed by atoms with Crippen LogP contribution in [0.15, 0.2) is 18.3 Å². The summed E-state index contributed by atoms with van der Waals surface area (Å²) < 4.78 is 0. The summed E-state index contributed by atoms with van der Waals surface area (Å²) >= 11 is 0. The maximum absolute atomic E-state index is 12.1. The van der Waals surface area contributed by atoms with Crippen molar-refractivity contribution in [2.45, 2.75) is 26.2 Å². The highest BCUT2D eigenvalue weighted by molar-refractivity contribution is 5.98. The molecule has 0 aromatic carbocycles. The SMILES string of the molecule is CCNc1ncccc1C(=O)NCCCN1CCCC1. The summed E-state index contributed by atoms with van der Waals surface area (Å²) in [5, 5.41) is 6.09. The van der Waals surface area contributed by atoms with E-state index in [0.717, 1.165) is 26.1 Å². The summed E-state index contributed by atoms with van der Waals surface area (Å²) in [6.45, 7) is 6.96. The molecule has 5 heteroatoms. The van der Waals surface area contributed by atoms with Gasteiger partial charge in [-0.2, -0.15) is 0 Å². The topological polar surface area (TPSA) is 57.3 Å². The molecular formula is C15H24N4O. The molecule has 1 aliphatic rings. The number of anilines is 1. The number of hydrogen-bond donors (Lipinski definition) is 2. The van der Waals surface area contributed by atoms with Gasteiger partial charge in [-0.1, -0.05) is 0 Å². The van der Waals surface area contributed by atoms with Crippen LogP contribution in [0.4, 0.5) is 5.82 Å². The van der Waals surface area contributed by atoms with Gasteiger partial charge in [0.2, 0.25) is 0 Å². The van der Waals surface area contributed by atoms with E-state index in [-0.39, 0.29) is 5.91 Å². The van der Waals surface area contributed by atoms with Crippen LogP contribution < -0.4 is 10.6 Å². The number of rotatable bonds is 7. The number of nitrogens with one attached hydrogen (secondary N) is 2. The van der Waals surface area contributed by atoms with Crippen molar-refractivity contribution in [3.8, 4) is 0 Å². The minimum Gasteiger partial charge on any atom is -0.370 e. The Balaban J connectivity index is 1.76. The molecule has 5 nitrogen and oxygen atoms in total. The molecule has 0 spiro atoms. The number of pyridine rings is 1. The first-order valence-electron chi connectivity index (χ1n) is 7.50. The Morgan fingerprint density at radius 2 is 2.20 bits per heavy atom. The lowest BCUT2D eigenvalue weighted by molar-refractivity contribution is 0.0952. The van der Waals surface area contributed by atoms with Gasteiger partial charge in [0.25, 0.3) is 5.91 Å². The molecule has 0 aliphatic carbocycles. The fourth-order valence-corrected chi connectivity index (χ4v) is 2.50. The summed E-state index contributed by atoms with van der Waals surface area (Å²) in [5.74, 6) is 0.613. The van der Waals surface area contributed by atoms with Gasteiger partial charge in [0.15, 0.2) is 0 Å². The second-order valence-electron chi connectivity index (χ2n) is 5.09. The molecule has 1 aliphatic heterocycles. The van der Waals surface area contributed by atoms with Crippen LogP contribution in [0.3, 0.4) is 0 Å². The predicted molar refractivity (Wildman–Crippen MR) is 81.0 cm³/mol. The van der Waals surface area contributed by atoms with Gasteiger partial charge >= 0.3 is 0 Å². The van der Waals surface area contributed by atoms with E-state index in [9.17, 15) is 4.79 Å². The molecule has 110 valence electrons. The molecule has 2 heterocycles. The first-order chi connectivity index (χ1) is 9.81. The van der Waals surface area contributed by atoms with Crippen molar-refractivity contribution in [1.29, 1.82) is 0 Å². The molecule has 2 N–H and O–H groups in total. The fraction of sp³-hybridized carbons (Fsp3) is 0.600. The average Bonchev–Trinajstić information content (AvgIpc) is 2.97. The largest absolute Gasteiger partial charge is 0.370 e. The highest BCUT2D eigenvalue weighted by Gasteiger charge is 2.12. The third kappa shape index (κ3) is 4.20. The van der Waals surface area contributed by atoms with Crippen molar-refractivity contribution in [3.05, 3.63) is 23.9 Å². The standard InChI is InChI=1S/C15H24N4O/c1-2-16-14-13(7-5-8-17-14)15(20)18-9-6-12-19-10-3-4-11-19/h5,7-8H,2-4,6,9-12H2,1H3,(H,16,17)(H,18,20). The van der Waals surface area contributed by atoms with Gasteiger partial charge in [-0.05, 0) is 58.0 Å². The second kappa shape index (κ2) is 7.85. The average molecular weight is 276 g/mol. The van der Waals surface area contributed by atoms with Gasteiger partial charge in [0.05, 0.1) is 5.56 Å². The second-order valence-corrected chi connectivity index (χ2v) is 5.09. The zero-order valence-electron chi connectivity index (χ0n) is 12.2. The summed E-state index contributed by atoms with van der Waals surface area (Å²) in [7, 11) is 0. The minimum atomic E-state index is -0.0459. The van der Waals surface area contributed by atoms with E-state index in [1.54, 1.807) is 18.3 Å². The van der Waals surface area contributed by atoms with Crippen molar-refractivity contribution >= 4 is 11.7 Å². The van der Waals surface area contributed by atoms with Crippen LogP contribution in [0.5, 0.6) is 0 Å². The van der Waals surface area contributed by atoms with E-state index < -0.39 is 0 Å². The van der Waals surface area contributed by atoms with Crippen LogP contribution in [-0.4, -0.2) is 48.5 Å². The monoisotopic (exact) mass is 276 g/mol. The van der Waals surface area contributed by atoms with E-state index in [1.807, 2.05) is 6.92 Å². The molecule has 20 heavy (non-hydrogen) atoms. The lowest BCUT2D eigenvalue weighted by Crippen LogP contribution is -2.29. The summed E-state index contributed by atoms with van der Waals surface area (Å²) in [6, 6.07) is 3.60. The number of carbonyl (C=O) groups excluding carboxylic acids is 1. The Kier molecular flexibility index (Phi) is 5.80. The van der Waals surface area contributed by atoms with Gasteiger partial charge < -0.3 is 15.5 Å². The van der Waals surface area contributed by atoms with Gasteiger partial charge in [-0.15, -0.1) is 0 Å². The maximum atomic E-state index is 12.1. The van der Waals surface area contributed by atoms with E-state index in [2.05, 4.69) is 20.5 Å².